The minimum atomic E-state index is -1.20. The molecule has 0 aromatic rings. The summed E-state index contributed by atoms with van der Waals surface area (Å²) >= 11 is 0. The lowest BCUT2D eigenvalue weighted by atomic mass is 10.0. The van der Waals surface area contributed by atoms with Crippen LogP contribution in [0.4, 0.5) is 0 Å². The molecule has 0 aliphatic carbocycles. The molecular weight excluding hydrogens is 198 g/mol. The molecule has 15 heavy (non-hydrogen) atoms. The van der Waals surface area contributed by atoms with E-state index in [1.807, 2.05) is 13.8 Å². The smallest absolute Gasteiger partial charge is 0.228 e. The highest BCUT2D eigenvalue weighted by atomic mass is 16.3. The Morgan fingerprint density at radius 3 is 2.33 bits per heavy atom. The summed E-state index contributed by atoms with van der Waals surface area (Å²) in [6.45, 7) is 3.54. The fourth-order valence-electron chi connectivity index (χ4n) is 1.06. The van der Waals surface area contributed by atoms with E-state index in [9.17, 15) is 9.90 Å². The molecule has 3 atom stereocenters. The van der Waals surface area contributed by atoms with Gasteiger partial charge < -0.3 is 20.6 Å². The molecule has 0 rings (SSSR count). The number of amides is 1. The van der Waals surface area contributed by atoms with Crippen LogP contribution in [0.25, 0.3) is 0 Å². The van der Waals surface area contributed by atoms with Gasteiger partial charge in [0.2, 0.25) is 5.91 Å². The lowest BCUT2D eigenvalue weighted by Crippen LogP contribution is -2.42. The molecule has 5 heteroatoms. The second-order valence-electron chi connectivity index (χ2n) is 3.80. The van der Waals surface area contributed by atoms with Gasteiger partial charge >= 0.3 is 0 Å². The van der Waals surface area contributed by atoms with Gasteiger partial charge in [0.1, 0.15) is 0 Å². The summed E-state index contributed by atoms with van der Waals surface area (Å²) in [5, 5.41) is 29.4. The molecule has 0 aromatic carbocycles. The Morgan fingerprint density at radius 2 is 1.93 bits per heavy atom. The quantitative estimate of drug-likeness (QED) is 0.447. The van der Waals surface area contributed by atoms with Gasteiger partial charge in [-0.05, 0) is 5.92 Å². The number of aliphatic hydroxyl groups is 3. The molecular formula is C10H21NO4. The van der Waals surface area contributed by atoms with E-state index in [1.165, 1.54) is 0 Å². The van der Waals surface area contributed by atoms with E-state index in [1.54, 1.807) is 0 Å². The van der Waals surface area contributed by atoms with Gasteiger partial charge in [0, 0.05) is 6.54 Å². The van der Waals surface area contributed by atoms with Crippen LogP contribution >= 0.6 is 0 Å². The Morgan fingerprint density at radius 1 is 1.33 bits per heavy atom. The highest BCUT2D eigenvalue weighted by molar-refractivity contribution is 5.79. The first-order chi connectivity index (χ1) is 7.06. The van der Waals surface area contributed by atoms with Gasteiger partial charge in [-0.15, -0.1) is 0 Å². The first kappa shape index (κ1) is 14.3. The Hall–Kier alpha value is -0.650. The van der Waals surface area contributed by atoms with Crippen LogP contribution in [0.2, 0.25) is 0 Å². The lowest BCUT2D eigenvalue weighted by molar-refractivity contribution is -0.131. The van der Waals surface area contributed by atoms with Crippen LogP contribution in [0, 0.1) is 11.8 Å². The highest BCUT2D eigenvalue weighted by Gasteiger charge is 2.25. The van der Waals surface area contributed by atoms with Crippen LogP contribution in [0.15, 0.2) is 0 Å². The van der Waals surface area contributed by atoms with E-state index in [0.717, 1.165) is 6.42 Å². The third-order valence-corrected chi connectivity index (χ3v) is 2.51. The molecule has 3 unspecified atom stereocenters. The third-order valence-electron chi connectivity index (χ3n) is 2.51. The monoisotopic (exact) mass is 219 g/mol. The molecule has 0 heterocycles. The first-order valence-corrected chi connectivity index (χ1v) is 5.24. The molecule has 0 spiro atoms. The molecule has 0 saturated carbocycles. The topological polar surface area (TPSA) is 89.8 Å². The number of carbonyl (C=O) groups excluding carboxylic acids is 1. The van der Waals surface area contributed by atoms with Crippen LogP contribution < -0.4 is 5.32 Å². The highest BCUT2D eigenvalue weighted by Crippen LogP contribution is 2.04. The van der Waals surface area contributed by atoms with Crippen LogP contribution in [0.5, 0.6) is 0 Å². The van der Waals surface area contributed by atoms with Crippen molar-refractivity contribution in [1.29, 1.82) is 0 Å². The number of carbonyl (C=O) groups is 1. The van der Waals surface area contributed by atoms with Crippen molar-refractivity contribution in [2.24, 2.45) is 11.8 Å². The number of hydrogen-bond acceptors (Lipinski definition) is 4. The van der Waals surface area contributed by atoms with E-state index in [-0.39, 0.29) is 0 Å². The van der Waals surface area contributed by atoms with Crippen molar-refractivity contribution >= 4 is 5.91 Å². The third kappa shape index (κ3) is 5.11. The van der Waals surface area contributed by atoms with Crippen LogP contribution in [-0.2, 0) is 4.79 Å². The van der Waals surface area contributed by atoms with Gasteiger partial charge in [0.25, 0.3) is 0 Å². The maximum absolute atomic E-state index is 11.5. The second-order valence-corrected chi connectivity index (χ2v) is 3.80. The van der Waals surface area contributed by atoms with E-state index in [2.05, 4.69) is 5.32 Å². The minimum absolute atomic E-state index is 0.361. The average molecular weight is 219 g/mol. The summed E-state index contributed by atoms with van der Waals surface area (Å²) in [6.07, 6.45) is -0.251. The van der Waals surface area contributed by atoms with Gasteiger partial charge in [0.15, 0.2) is 0 Å². The SMILES string of the molecule is CCC(C)CNC(=O)C(CO)C(O)CO. The standard InChI is InChI=1S/C10H21NO4/c1-3-7(2)4-11-10(15)8(5-12)9(14)6-13/h7-9,12-14H,3-6H2,1-2H3,(H,11,15). The van der Waals surface area contributed by atoms with Gasteiger partial charge in [-0.25, -0.2) is 0 Å². The van der Waals surface area contributed by atoms with Gasteiger partial charge in [-0.2, -0.15) is 0 Å². The molecule has 4 N–H and O–H groups in total. The number of aliphatic hydroxyl groups excluding tert-OH is 3. The largest absolute Gasteiger partial charge is 0.395 e. The van der Waals surface area contributed by atoms with Crippen molar-refractivity contribution in [3.8, 4) is 0 Å². The fourth-order valence-corrected chi connectivity index (χ4v) is 1.06. The number of nitrogens with one attached hydrogen (secondary N) is 1. The van der Waals surface area contributed by atoms with Crippen LogP contribution in [0.3, 0.4) is 0 Å². The molecule has 1 amide bonds. The summed E-state index contributed by atoms with van der Waals surface area (Å²) < 4.78 is 0. The molecule has 0 aliphatic rings. The zero-order valence-electron chi connectivity index (χ0n) is 9.31. The van der Waals surface area contributed by atoms with Crippen molar-refractivity contribution in [2.45, 2.75) is 26.4 Å². The predicted molar refractivity (Wildman–Crippen MR) is 56.1 cm³/mol. The summed E-state index contributed by atoms with van der Waals surface area (Å²) in [6, 6.07) is 0. The second kappa shape index (κ2) is 7.62. The predicted octanol–water partition coefficient (Wildman–Crippen LogP) is -0.890. The van der Waals surface area contributed by atoms with Crippen LogP contribution in [0.1, 0.15) is 20.3 Å². The van der Waals surface area contributed by atoms with Crippen molar-refractivity contribution in [3.63, 3.8) is 0 Å². The number of rotatable bonds is 7. The molecule has 0 aromatic heterocycles. The van der Waals surface area contributed by atoms with Gasteiger partial charge in [-0.1, -0.05) is 20.3 Å². The lowest BCUT2D eigenvalue weighted by Gasteiger charge is -2.19. The normalized spacial score (nSPS) is 16.9. The molecule has 90 valence electrons. The Labute approximate surface area is 90.1 Å². The summed E-state index contributed by atoms with van der Waals surface area (Å²) in [5.74, 6) is -1.00. The molecule has 0 bridgehead atoms. The molecule has 0 saturated heterocycles. The molecule has 0 radical (unpaired) electrons. The van der Waals surface area contributed by atoms with E-state index in [0.29, 0.717) is 12.5 Å². The maximum Gasteiger partial charge on any atom is 0.228 e. The average Bonchev–Trinajstić information content (AvgIpc) is 2.26. The maximum atomic E-state index is 11.5. The van der Waals surface area contributed by atoms with Crippen molar-refractivity contribution < 1.29 is 20.1 Å². The Bertz CT molecular complexity index is 186. The zero-order chi connectivity index (χ0) is 11.8. The van der Waals surface area contributed by atoms with Crippen molar-refractivity contribution in [1.82, 2.24) is 5.32 Å². The van der Waals surface area contributed by atoms with Crippen LogP contribution in [-0.4, -0.2) is 47.1 Å². The van der Waals surface area contributed by atoms with E-state index < -0.39 is 31.1 Å². The fraction of sp³-hybridized carbons (Fsp3) is 0.900. The number of hydrogen-bond donors (Lipinski definition) is 4. The van der Waals surface area contributed by atoms with Crippen molar-refractivity contribution in [3.05, 3.63) is 0 Å². The zero-order valence-corrected chi connectivity index (χ0v) is 9.31. The Balaban J connectivity index is 4.04. The summed E-state index contributed by atoms with van der Waals surface area (Å²) in [7, 11) is 0. The van der Waals surface area contributed by atoms with Crippen molar-refractivity contribution in [2.75, 3.05) is 19.8 Å². The van der Waals surface area contributed by atoms with Gasteiger partial charge in [-0.3, -0.25) is 4.79 Å². The summed E-state index contributed by atoms with van der Waals surface area (Å²) in [5.41, 5.74) is 0. The molecule has 0 aliphatic heterocycles. The Kier molecular flexibility index (Phi) is 7.29. The molecule has 5 nitrogen and oxygen atoms in total. The van der Waals surface area contributed by atoms with Gasteiger partial charge in [0.05, 0.1) is 25.2 Å². The summed E-state index contributed by atoms with van der Waals surface area (Å²) in [4.78, 5) is 11.5. The van der Waals surface area contributed by atoms with E-state index in [4.69, 9.17) is 10.2 Å². The van der Waals surface area contributed by atoms with E-state index >= 15 is 0 Å². The minimum Gasteiger partial charge on any atom is -0.395 e. The first-order valence-electron chi connectivity index (χ1n) is 5.24. The molecule has 0 fully saturated rings.